The number of carbonyl (C=O) groups excluding carboxylic acids is 3. The zero-order chi connectivity index (χ0) is 40.7. The lowest BCUT2D eigenvalue weighted by molar-refractivity contribution is -0.149. The molecular formula is C36H43N9O10S. The van der Waals surface area contributed by atoms with Crippen LogP contribution in [0.2, 0.25) is 0 Å². The average Bonchev–Trinajstić information content (AvgIpc) is 3.61. The maximum Gasteiger partial charge on any atom is 0.407 e. The molecular weight excluding hydrogens is 751 g/mol. The smallest absolute Gasteiger partial charge is 0.407 e. The van der Waals surface area contributed by atoms with Gasteiger partial charge in [-0.15, -0.1) is 0 Å². The number of amides is 2. The summed E-state index contributed by atoms with van der Waals surface area (Å²) in [6, 6.07) is 16.0. The predicted octanol–water partition coefficient (Wildman–Crippen LogP) is 3.50. The summed E-state index contributed by atoms with van der Waals surface area (Å²) in [6.07, 6.45) is 1.44. The van der Waals surface area contributed by atoms with Gasteiger partial charge in [-0.3, -0.25) is 4.55 Å². The Balaban J connectivity index is 1.29. The number of carbonyl (C=O) groups is 3. The van der Waals surface area contributed by atoms with E-state index in [9.17, 15) is 28.1 Å². The molecule has 20 heteroatoms. The van der Waals surface area contributed by atoms with Gasteiger partial charge in [-0.05, 0) is 62.1 Å². The van der Waals surface area contributed by atoms with Crippen LogP contribution in [0, 0.1) is 11.3 Å². The van der Waals surface area contributed by atoms with E-state index in [0.717, 1.165) is 11.1 Å². The molecule has 0 saturated carbocycles. The van der Waals surface area contributed by atoms with Gasteiger partial charge in [0.15, 0.2) is 5.65 Å². The minimum atomic E-state index is -4.15. The van der Waals surface area contributed by atoms with Gasteiger partial charge in [0.1, 0.15) is 42.6 Å². The van der Waals surface area contributed by atoms with Crippen molar-refractivity contribution >= 4 is 57.1 Å². The summed E-state index contributed by atoms with van der Waals surface area (Å²) >= 11 is 0. The van der Waals surface area contributed by atoms with Crippen molar-refractivity contribution in [3.63, 3.8) is 0 Å². The Kier molecular flexibility index (Phi) is 14.9. The van der Waals surface area contributed by atoms with Gasteiger partial charge in [0.2, 0.25) is 11.8 Å². The molecule has 6 N–H and O–H groups in total. The number of alkyl carbamates (subject to hydrolysis) is 2. The average molecular weight is 794 g/mol. The molecule has 0 spiro atoms. The number of imidazole rings is 1. The van der Waals surface area contributed by atoms with Gasteiger partial charge in [-0.2, -0.15) is 23.6 Å². The van der Waals surface area contributed by atoms with Crippen LogP contribution in [0.15, 0.2) is 60.4 Å². The largest absolute Gasteiger partial charge is 0.471 e. The van der Waals surface area contributed by atoms with Crippen molar-refractivity contribution < 1.29 is 46.3 Å². The Bertz CT molecular complexity index is 2140. The fourth-order valence-corrected chi connectivity index (χ4v) is 5.35. The molecule has 0 radical (unpaired) electrons. The van der Waals surface area contributed by atoms with Crippen molar-refractivity contribution in [1.82, 2.24) is 30.6 Å². The first-order chi connectivity index (χ1) is 26.6. The second kappa shape index (κ2) is 19.7. The molecule has 0 bridgehead atoms. The fraction of sp³-hybridized carbons (Fsp3) is 0.361. The number of anilines is 2. The van der Waals surface area contributed by atoms with Crippen molar-refractivity contribution in [2.75, 3.05) is 49.2 Å². The number of fused-ring (bicyclic) bond motifs is 1. The summed E-state index contributed by atoms with van der Waals surface area (Å²) in [4.78, 5) is 54.1. The number of H-pyrrole nitrogens is 1. The number of ether oxygens (including phenoxy) is 4. The number of aromatic nitrogens is 4. The fourth-order valence-electron chi connectivity index (χ4n) is 4.84. The van der Waals surface area contributed by atoms with Gasteiger partial charge in [-0.25, -0.2) is 19.4 Å². The Morgan fingerprint density at radius 2 is 1.62 bits per heavy atom. The van der Waals surface area contributed by atoms with Crippen LogP contribution in [0.4, 0.5) is 21.2 Å². The molecule has 298 valence electrons. The molecule has 0 fully saturated rings. The summed E-state index contributed by atoms with van der Waals surface area (Å²) in [7, 11) is -4.15. The van der Waals surface area contributed by atoms with Gasteiger partial charge < -0.3 is 45.2 Å². The molecule has 4 aromatic rings. The van der Waals surface area contributed by atoms with Crippen LogP contribution >= 0.6 is 0 Å². The number of hydrogen-bond donors (Lipinski definition) is 5. The topological polar surface area (TPSA) is 274 Å². The molecule has 0 aliphatic carbocycles. The highest BCUT2D eigenvalue weighted by Gasteiger charge is 2.20. The van der Waals surface area contributed by atoms with E-state index in [-0.39, 0.29) is 69.8 Å². The van der Waals surface area contributed by atoms with E-state index < -0.39 is 39.6 Å². The van der Waals surface area contributed by atoms with E-state index in [1.54, 1.807) is 49.9 Å². The quantitative estimate of drug-likeness (QED) is 0.0241. The number of hydrogen-bond acceptors (Lipinski definition) is 15. The number of rotatable bonds is 18. The van der Waals surface area contributed by atoms with Gasteiger partial charge in [0, 0.05) is 18.8 Å². The number of nitrogens with two attached hydrogens (primary N) is 1. The molecule has 0 unspecified atom stereocenters. The van der Waals surface area contributed by atoms with Crippen molar-refractivity contribution in [2.24, 2.45) is 0 Å². The summed E-state index contributed by atoms with van der Waals surface area (Å²) in [5.74, 6) is -0.937. The number of aromatic amines is 1. The van der Waals surface area contributed by atoms with Gasteiger partial charge >= 0.3 is 18.2 Å². The molecule has 19 nitrogen and oxygen atoms in total. The number of nitriles is 1. The maximum atomic E-state index is 12.6. The van der Waals surface area contributed by atoms with Crippen molar-refractivity contribution in [2.45, 2.75) is 45.9 Å². The number of benzene rings is 2. The van der Waals surface area contributed by atoms with Crippen LogP contribution in [0.1, 0.15) is 43.9 Å². The second-order valence-corrected chi connectivity index (χ2v) is 14.6. The first-order valence-corrected chi connectivity index (χ1v) is 18.8. The second-order valence-electron chi connectivity index (χ2n) is 13.0. The third-order valence-electron chi connectivity index (χ3n) is 7.45. The Morgan fingerprint density at radius 1 is 0.982 bits per heavy atom. The van der Waals surface area contributed by atoms with E-state index in [2.05, 4.69) is 30.6 Å². The van der Waals surface area contributed by atoms with Crippen LogP contribution in [0.25, 0.3) is 17.2 Å². The Labute approximate surface area is 322 Å². The molecule has 2 aromatic heterocycles. The van der Waals surface area contributed by atoms with Crippen molar-refractivity contribution in [3.8, 4) is 11.9 Å². The molecule has 2 amide bonds. The first kappa shape index (κ1) is 42.3. The van der Waals surface area contributed by atoms with Crippen LogP contribution < -0.4 is 26.0 Å². The minimum Gasteiger partial charge on any atom is -0.471 e. The maximum absolute atomic E-state index is 12.6. The molecule has 0 aliphatic heterocycles. The summed E-state index contributed by atoms with van der Waals surface area (Å²) in [6.45, 7) is 5.71. The highest BCUT2D eigenvalue weighted by atomic mass is 32.2. The lowest BCUT2D eigenvalue weighted by atomic mass is 10.1. The summed E-state index contributed by atoms with van der Waals surface area (Å²) in [5.41, 5.74) is 8.58. The van der Waals surface area contributed by atoms with Crippen LogP contribution in [0.5, 0.6) is 5.88 Å². The first-order valence-electron chi connectivity index (χ1n) is 17.2. The summed E-state index contributed by atoms with van der Waals surface area (Å²) < 4.78 is 52.3. The van der Waals surface area contributed by atoms with Crippen LogP contribution in [-0.4, -0.2) is 95.3 Å². The van der Waals surface area contributed by atoms with E-state index in [4.69, 9.17) is 29.2 Å². The Morgan fingerprint density at radius 3 is 2.25 bits per heavy atom. The lowest BCUT2D eigenvalue weighted by Gasteiger charge is -2.25. The van der Waals surface area contributed by atoms with E-state index in [0.29, 0.717) is 22.4 Å². The predicted molar refractivity (Wildman–Crippen MR) is 204 cm³/mol. The molecule has 2 aromatic carbocycles. The molecule has 0 aliphatic rings. The van der Waals surface area contributed by atoms with Gasteiger partial charge in [0.05, 0.1) is 25.2 Å². The van der Waals surface area contributed by atoms with E-state index in [1.807, 2.05) is 30.3 Å². The number of nitrogen functional groups attached to an aromatic ring is 1. The molecule has 4 rings (SSSR count). The number of nitrogens with one attached hydrogen (secondary N) is 3. The number of nitrogens with zero attached hydrogens (tertiary/aromatic N) is 5. The zero-order valence-corrected chi connectivity index (χ0v) is 31.8. The van der Waals surface area contributed by atoms with Crippen LogP contribution in [0.3, 0.4) is 0 Å². The molecule has 0 saturated heterocycles. The Hall–Kier alpha value is -6.46. The molecule has 56 heavy (non-hydrogen) atoms. The number of esters is 1. The highest BCUT2D eigenvalue weighted by Crippen LogP contribution is 2.21. The van der Waals surface area contributed by atoms with E-state index >= 15 is 0 Å². The third-order valence-corrected chi connectivity index (χ3v) is 8.26. The van der Waals surface area contributed by atoms with E-state index in [1.165, 1.54) is 12.4 Å². The normalized spacial score (nSPS) is 11.7. The third kappa shape index (κ3) is 14.4. The standard InChI is InChI=1S/C36H43N9O10S/c1-36(2,3)55-32(46)27(20-37)19-24-9-11-28(12-10-24)45(14-16-52-34(47)39-13-4-18-56(49,50)51)15-17-53-35(48)40-21-25-5-7-26(8-6-25)22-54-31-29-30(42-23-41-29)43-33(38)44-31/h5-12,19,23H,4,13-18,21-22H2,1-3H3,(H,39,47)(H,40,48)(H,49,50,51)(H3,38,41,42,43,44)/b27-19+. The van der Waals surface area contributed by atoms with Crippen LogP contribution in [-0.2, 0) is 42.3 Å². The lowest BCUT2D eigenvalue weighted by Crippen LogP contribution is -2.35. The van der Waals surface area contributed by atoms with Crippen molar-refractivity contribution in [1.29, 1.82) is 5.26 Å². The monoisotopic (exact) mass is 793 g/mol. The molecule has 0 atom stereocenters. The molecule has 2 heterocycles. The summed E-state index contributed by atoms with van der Waals surface area (Å²) in [5, 5.41) is 14.6. The highest BCUT2D eigenvalue weighted by molar-refractivity contribution is 7.85. The SMILES string of the molecule is CC(C)(C)OC(=O)/C(C#N)=C/c1ccc(N(CCOC(=O)NCCCS(=O)(=O)O)CCOC(=O)NCc2ccc(COc3nc(N)nc4nc[nH]c34)cc2)cc1. The minimum absolute atomic E-state index is 0.000917. The van der Waals surface area contributed by atoms with Crippen molar-refractivity contribution in [3.05, 3.63) is 77.1 Å². The zero-order valence-electron chi connectivity index (χ0n) is 31.0. The van der Waals surface area contributed by atoms with Gasteiger partial charge in [-0.1, -0.05) is 36.4 Å². The van der Waals surface area contributed by atoms with Gasteiger partial charge in [0.25, 0.3) is 10.1 Å².